The second-order valence-electron chi connectivity index (χ2n) is 7.34. The average molecular weight is 364 g/mol. The summed E-state index contributed by atoms with van der Waals surface area (Å²) in [5, 5.41) is 8.24. The fraction of sp³-hybridized carbons (Fsp3) is 0.588. The molecule has 2 aromatic rings. The maximum absolute atomic E-state index is 12.5. The van der Waals surface area contributed by atoms with Gasteiger partial charge in [0.1, 0.15) is 5.75 Å². The SMILES string of the molecule is COc1ccc2n[nH]c(CN3C[C@H]4[C@H](N(C)C)CS(=O)(=O)[C@H]4C3)c2c1. The number of fused-ring (bicyclic) bond motifs is 2. The van der Waals surface area contributed by atoms with Crippen LogP contribution >= 0.6 is 0 Å². The van der Waals surface area contributed by atoms with Crippen LogP contribution in [-0.4, -0.2) is 79.8 Å². The minimum Gasteiger partial charge on any atom is -0.497 e. The molecule has 1 aromatic heterocycles. The molecule has 2 aliphatic rings. The van der Waals surface area contributed by atoms with Crippen LogP contribution in [0.15, 0.2) is 18.2 Å². The zero-order chi connectivity index (χ0) is 17.8. The first-order valence-corrected chi connectivity index (χ1v) is 10.2. The number of sulfone groups is 1. The van der Waals surface area contributed by atoms with Gasteiger partial charge in [-0.1, -0.05) is 0 Å². The molecule has 2 fully saturated rings. The van der Waals surface area contributed by atoms with Crippen molar-refractivity contribution in [3.63, 3.8) is 0 Å². The summed E-state index contributed by atoms with van der Waals surface area (Å²) in [6, 6.07) is 5.91. The lowest BCUT2D eigenvalue weighted by atomic mass is 10.00. The molecule has 3 atom stereocenters. The Bertz CT molecular complexity index is 892. The number of H-pyrrole nitrogens is 1. The van der Waals surface area contributed by atoms with Gasteiger partial charge in [-0.2, -0.15) is 5.10 Å². The third-order valence-electron chi connectivity index (χ3n) is 5.63. The highest BCUT2D eigenvalue weighted by Crippen LogP contribution is 2.36. The van der Waals surface area contributed by atoms with Gasteiger partial charge in [0.25, 0.3) is 0 Å². The highest BCUT2D eigenvalue weighted by atomic mass is 32.2. The predicted octanol–water partition coefficient (Wildman–Crippen LogP) is 0.731. The lowest BCUT2D eigenvalue weighted by molar-refractivity contribution is 0.229. The number of likely N-dealkylation sites (tertiary alicyclic amines) is 1. The van der Waals surface area contributed by atoms with Crippen LogP contribution in [0.5, 0.6) is 5.75 Å². The van der Waals surface area contributed by atoms with Crippen LogP contribution in [0, 0.1) is 5.92 Å². The van der Waals surface area contributed by atoms with Crippen molar-refractivity contribution in [1.29, 1.82) is 0 Å². The van der Waals surface area contributed by atoms with Gasteiger partial charge in [0, 0.05) is 37.0 Å². The summed E-state index contributed by atoms with van der Waals surface area (Å²) in [7, 11) is 2.58. The Morgan fingerprint density at radius 1 is 1.36 bits per heavy atom. The molecule has 2 saturated heterocycles. The topological polar surface area (TPSA) is 78.5 Å². The molecular weight excluding hydrogens is 340 g/mol. The van der Waals surface area contributed by atoms with E-state index in [0.29, 0.717) is 13.1 Å². The maximum atomic E-state index is 12.5. The summed E-state index contributed by atoms with van der Waals surface area (Å²) in [4.78, 5) is 4.29. The van der Waals surface area contributed by atoms with Gasteiger partial charge in [0.05, 0.1) is 29.3 Å². The van der Waals surface area contributed by atoms with E-state index in [-0.39, 0.29) is 23.0 Å². The van der Waals surface area contributed by atoms with Crippen molar-refractivity contribution in [3.8, 4) is 5.75 Å². The van der Waals surface area contributed by atoms with Gasteiger partial charge in [0.15, 0.2) is 9.84 Å². The molecule has 1 aromatic carbocycles. The number of methoxy groups -OCH3 is 1. The number of nitrogens with zero attached hydrogens (tertiary/aromatic N) is 3. The van der Waals surface area contributed by atoms with Gasteiger partial charge in [0.2, 0.25) is 0 Å². The molecular formula is C17H24N4O3S. The van der Waals surface area contributed by atoms with Gasteiger partial charge in [-0.25, -0.2) is 8.42 Å². The number of hydrogen-bond acceptors (Lipinski definition) is 6. The van der Waals surface area contributed by atoms with Crippen molar-refractivity contribution in [1.82, 2.24) is 20.0 Å². The Hall–Kier alpha value is -1.64. The van der Waals surface area contributed by atoms with Crippen molar-refractivity contribution >= 4 is 20.7 Å². The predicted molar refractivity (Wildman–Crippen MR) is 96.5 cm³/mol. The van der Waals surface area contributed by atoms with E-state index in [1.54, 1.807) is 7.11 Å². The zero-order valence-electron chi connectivity index (χ0n) is 14.8. The molecule has 0 saturated carbocycles. The van der Waals surface area contributed by atoms with Crippen LogP contribution in [0.25, 0.3) is 10.9 Å². The number of aromatic nitrogens is 2. The van der Waals surface area contributed by atoms with E-state index in [4.69, 9.17) is 4.74 Å². The Balaban J connectivity index is 1.57. The van der Waals surface area contributed by atoms with Gasteiger partial charge >= 0.3 is 0 Å². The molecule has 8 heteroatoms. The molecule has 0 aliphatic carbocycles. The van der Waals surface area contributed by atoms with E-state index in [1.165, 1.54) is 0 Å². The third kappa shape index (κ3) is 2.82. The van der Waals surface area contributed by atoms with Crippen LogP contribution < -0.4 is 4.74 Å². The van der Waals surface area contributed by atoms with E-state index in [2.05, 4.69) is 20.0 Å². The lowest BCUT2D eigenvalue weighted by Gasteiger charge is -2.24. The van der Waals surface area contributed by atoms with E-state index in [9.17, 15) is 8.42 Å². The number of aromatic amines is 1. The van der Waals surface area contributed by atoms with Crippen LogP contribution in [0.4, 0.5) is 0 Å². The number of rotatable bonds is 4. The molecule has 0 spiro atoms. The summed E-state index contributed by atoms with van der Waals surface area (Å²) < 4.78 is 30.3. The van der Waals surface area contributed by atoms with E-state index < -0.39 is 9.84 Å². The first-order valence-electron chi connectivity index (χ1n) is 8.50. The van der Waals surface area contributed by atoms with Crippen molar-refractivity contribution in [2.45, 2.75) is 17.8 Å². The molecule has 0 bridgehead atoms. The normalized spacial score (nSPS) is 28.7. The number of benzene rings is 1. The van der Waals surface area contributed by atoms with Crippen LogP contribution in [0.3, 0.4) is 0 Å². The molecule has 7 nitrogen and oxygen atoms in total. The van der Waals surface area contributed by atoms with Crippen LogP contribution in [0.1, 0.15) is 5.69 Å². The van der Waals surface area contributed by atoms with Crippen molar-refractivity contribution in [2.24, 2.45) is 5.92 Å². The highest BCUT2D eigenvalue weighted by molar-refractivity contribution is 7.92. The van der Waals surface area contributed by atoms with Crippen LogP contribution in [-0.2, 0) is 16.4 Å². The molecule has 2 aliphatic heterocycles. The molecule has 0 amide bonds. The van der Waals surface area contributed by atoms with Gasteiger partial charge in [-0.3, -0.25) is 10.00 Å². The molecule has 136 valence electrons. The summed E-state index contributed by atoms with van der Waals surface area (Å²) in [5.41, 5.74) is 1.90. The number of ether oxygens (including phenoxy) is 1. The fourth-order valence-electron chi connectivity index (χ4n) is 4.29. The summed E-state index contributed by atoms with van der Waals surface area (Å²) in [5.74, 6) is 1.26. The monoisotopic (exact) mass is 364 g/mol. The van der Waals surface area contributed by atoms with Crippen LogP contribution in [0.2, 0.25) is 0 Å². The smallest absolute Gasteiger partial charge is 0.156 e. The molecule has 1 N–H and O–H groups in total. The van der Waals surface area contributed by atoms with Gasteiger partial charge in [-0.05, 0) is 32.3 Å². The summed E-state index contributed by atoms with van der Waals surface area (Å²) in [6.07, 6.45) is 0. The van der Waals surface area contributed by atoms with E-state index in [1.807, 2.05) is 32.3 Å². The Kier molecular flexibility index (Phi) is 4.01. The first kappa shape index (κ1) is 16.8. The first-order chi connectivity index (χ1) is 11.9. The van der Waals surface area contributed by atoms with Crippen molar-refractivity contribution in [3.05, 3.63) is 23.9 Å². The zero-order valence-corrected chi connectivity index (χ0v) is 15.6. The second-order valence-corrected chi connectivity index (χ2v) is 9.61. The number of hydrogen-bond donors (Lipinski definition) is 1. The average Bonchev–Trinajstić information content (AvgIpc) is 3.22. The summed E-state index contributed by atoms with van der Waals surface area (Å²) in [6.45, 7) is 2.07. The molecule has 25 heavy (non-hydrogen) atoms. The quantitative estimate of drug-likeness (QED) is 0.862. The molecule has 0 radical (unpaired) electrons. The van der Waals surface area contributed by atoms with Crippen molar-refractivity contribution in [2.75, 3.05) is 40.0 Å². The Morgan fingerprint density at radius 2 is 2.16 bits per heavy atom. The maximum Gasteiger partial charge on any atom is 0.156 e. The van der Waals surface area contributed by atoms with Gasteiger partial charge in [-0.15, -0.1) is 0 Å². The standard InChI is InChI=1S/C17H24N4O3S/c1-20(2)16-10-25(22,23)17-9-21(7-13(16)17)8-15-12-6-11(24-3)4-5-14(12)18-19-15/h4-6,13,16-17H,7-10H2,1-3H3,(H,18,19)/t13-,16+,17-/m0/s1. The Morgan fingerprint density at radius 3 is 2.88 bits per heavy atom. The van der Waals surface area contributed by atoms with E-state index in [0.717, 1.165) is 28.9 Å². The third-order valence-corrected chi connectivity index (χ3v) is 7.86. The second kappa shape index (κ2) is 5.96. The minimum atomic E-state index is -3.01. The highest BCUT2D eigenvalue weighted by Gasteiger charge is 2.52. The van der Waals surface area contributed by atoms with Crippen molar-refractivity contribution < 1.29 is 13.2 Å². The summed E-state index contributed by atoms with van der Waals surface area (Å²) >= 11 is 0. The van der Waals surface area contributed by atoms with Gasteiger partial charge < -0.3 is 9.64 Å². The number of nitrogens with one attached hydrogen (secondary N) is 1. The fourth-order valence-corrected chi connectivity index (χ4v) is 6.80. The largest absolute Gasteiger partial charge is 0.497 e. The Labute approximate surface area is 147 Å². The molecule has 3 heterocycles. The molecule has 0 unspecified atom stereocenters. The lowest BCUT2D eigenvalue weighted by Crippen LogP contribution is -2.37. The van der Waals surface area contributed by atoms with E-state index >= 15 is 0 Å². The molecule has 4 rings (SSSR count). The minimum absolute atomic E-state index is 0.110.